The summed E-state index contributed by atoms with van der Waals surface area (Å²) in [4.78, 5) is 16.2. The maximum atomic E-state index is 12.5. The number of benzene rings is 1. The maximum absolute atomic E-state index is 12.5. The lowest BCUT2D eigenvalue weighted by Crippen LogP contribution is -2.38. The Morgan fingerprint density at radius 2 is 2.00 bits per heavy atom. The minimum atomic E-state index is -3.52. The van der Waals surface area contributed by atoms with Crippen molar-refractivity contribution in [2.45, 2.75) is 31.1 Å². The number of amides is 1. The molecule has 1 fully saturated rings. The van der Waals surface area contributed by atoms with Crippen molar-refractivity contribution in [3.8, 4) is 0 Å². The Morgan fingerprint density at radius 1 is 1.23 bits per heavy atom. The lowest BCUT2D eigenvalue weighted by Gasteiger charge is -2.26. The molecule has 1 N–H and O–H groups in total. The van der Waals surface area contributed by atoms with E-state index in [0.717, 1.165) is 50.5 Å². The zero-order valence-corrected chi connectivity index (χ0v) is 16.1. The van der Waals surface area contributed by atoms with Gasteiger partial charge in [-0.1, -0.05) is 6.92 Å². The SMILES string of the molecule is CCC(=O)N1CCc2cc(S(=O)(=O)NCCCN3CCOCC3)ccc21. The van der Waals surface area contributed by atoms with Gasteiger partial charge in [-0.05, 0) is 43.1 Å². The number of carbonyl (C=O) groups excluding carboxylic acids is 1. The molecule has 8 heteroatoms. The zero-order chi connectivity index (χ0) is 18.6. The van der Waals surface area contributed by atoms with Crippen LogP contribution < -0.4 is 9.62 Å². The molecule has 0 bridgehead atoms. The first-order valence-electron chi connectivity index (χ1n) is 9.24. The number of ether oxygens (including phenoxy) is 1. The molecule has 7 nitrogen and oxygen atoms in total. The fourth-order valence-corrected chi connectivity index (χ4v) is 4.54. The molecule has 0 unspecified atom stereocenters. The Morgan fingerprint density at radius 3 is 2.73 bits per heavy atom. The first-order chi connectivity index (χ1) is 12.5. The number of rotatable bonds is 7. The average molecular weight is 381 g/mol. The molecule has 26 heavy (non-hydrogen) atoms. The molecule has 1 amide bonds. The molecule has 144 valence electrons. The van der Waals surface area contributed by atoms with Crippen LogP contribution in [0.2, 0.25) is 0 Å². The summed E-state index contributed by atoms with van der Waals surface area (Å²) in [7, 11) is -3.52. The van der Waals surface area contributed by atoms with Crippen LogP contribution in [0.25, 0.3) is 0 Å². The summed E-state index contributed by atoms with van der Waals surface area (Å²) < 4.78 is 33.1. The number of morpholine rings is 1. The van der Waals surface area contributed by atoms with Crippen LogP contribution in [0.4, 0.5) is 5.69 Å². The van der Waals surface area contributed by atoms with Gasteiger partial charge in [-0.15, -0.1) is 0 Å². The largest absolute Gasteiger partial charge is 0.379 e. The third-order valence-electron chi connectivity index (χ3n) is 4.91. The van der Waals surface area contributed by atoms with Gasteiger partial charge in [-0.3, -0.25) is 9.69 Å². The Labute approximate surface area is 155 Å². The molecule has 1 saturated heterocycles. The van der Waals surface area contributed by atoms with Crippen molar-refractivity contribution >= 4 is 21.6 Å². The van der Waals surface area contributed by atoms with Gasteiger partial charge in [0.15, 0.2) is 0 Å². The smallest absolute Gasteiger partial charge is 0.240 e. The highest BCUT2D eigenvalue weighted by Gasteiger charge is 2.25. The first kappa shape index (κ1) is 19.3. The fraction of sp³-hybridized carbons (Fsp3) is 0.611. The van der Waals surface area contributed by atoms with Crippen molar-refractivity contribution in [3.63, 3.8) is 0 Å². The third kappa shape index (κ3) is 4.43. The summed E-state index contributed by atoms with van der Waals surface area (Å²) >= 11 is 0. The normalized spacial score (nSPS) is 18.1. The second-order valence-corrected chi connectivity index (χ2v) is 8.41. The van der Waals surface area contributed by atoms with E-state index < -0.39 is 10.0 Å². The quantitative estimate of drug-likeness (QED) is 0.713. The number of sulfonamides is 1. The Kier molecular flexibility index (Phi) is 6.29. The third-order valence-corrected chi connectivity index (χ3v) is 6.37. The molecule has 0 radical (unpaired) electrons. The van der Waals surface area contributed by atoms with Crippen molar-refractivity contribution in [1.82, 2.24) is 9.62 Å². The Hall–Kier alpha value is -1.48. The summed E-state index contributed by atoms with van der Waals surface area (Å²) in [5, 5.41) is 0. The van der Waals surface area contributed by atoms with Crippen molar-refractivity contribution in [1.29, 1.82) is 0 Å². The van der Waals surface area contributed by atoms with E-state index in [1.807, 2.05) is 6.92 Å². The van der Waals surface area contributed by atoms with Crippen LogP contribution in [0.15, 0.2) is 23.1 Å². The van der Waals surface area contributed by atoms with Gasteiger partial charge < -0.3 is 9.64 Å². The average Bonchev–Trinajstić information content (AvgIpc) is 3.09. The van der Waals surface area contributed by atoms with Gasteiger partial charge in [-0.2, -0.15) is 0 Å². The van der Waals surface area contributed by atoms with Crippen molar-refractivity contribution in [2.24, 2.45) is 0 Å². The van der Waals surface area contributed by atoms with E-state index in [1.165, 1.54) is 0 Å². The van der Waals surface area contributed by atoms with Crippen LogP contribution in [0, 0.1) is 0 Å². The molecule has 0 aromatic heterocycles. The zero-order valence-electron chi connectivity index (χ0n) is 15.2. The van der Waals surface area contributed by atoms with Crippen molar-refractivity contribution < 1.29 is 17.9 Å². The summed E-state index contributed by atoms with van der Waals surface area (Å²) in [5.41, 5.74) is 1.76. The molecule has 1 aromatic rings. The van der Waals surface area contributed by atoms with Crippen LogP contribution in [0.1, 0.15) is 25.3 Å². The van der Waals surface area contributed by atoms with Crippen LogP contribution in [-0.4, -0.2) is 65.2 Å². The number of nitrogens with zero attached hydrogens (tertiary/aromatic N) is 2. The topological polar surface area (TPSA) is 79.0 Å². The number of anilines is 1. The monoisotopic (exact) mass is 381 g/mol. The number of hydrogen-bond acceptors (Lipinski definition) is 5. The van der Waals surface area contributed by atoms with Crippen LogP contribution in [0.3, 0.4) is 0 Å². The minimum absolute atomic E-state index is 0.0700. The van der Waals surface area contributed by atoms with Gasteiger partial charge in [0.05, 0.1) is 18.1 Å². The second-order valence-electron chi connectivity index (χ2n) is 6.64. The molecular formula is C18H27N3O4S. The fourth-order valence-electron chi connectivity index (χ4n) is 3.41. The number of fused-ring (bicyclic) bond motifs is 1. The maximum Gasteiger partial charge on any atom is 0.240 e. The molecule has 0 atom stereocenters. The van der Waals surface area contributed by atoms with Crippen molar-refractivity contribution in [3.05, 3.63) is 23.8 Å². The van der Waals surface area contributed by atoms with E-state index in [-0.39, 0.29) is 10.8 Å². The highest BCUT2D eigenvalue weighted by atomic mass is 32.2. The van der Waals surface area contributed by atoms with E-state index >= 15 is 0 Å². The Balaban J connectivity index is 1.57. The molecule has 0 aliphatic carbocycles. The molecule has 1 aromatic carbocycles. The van der Waals surface area contributed by atoms with Crippen molar-refractivity contribution in [2.75, 3.05) is 50.8 Å². The standard InChI is InChI=1S/C18H27N3O4S/c1-2-18(22)21-9-6-15-14-16(4-5-17(15)21)26(23,24)19-7-3-8-20-10-12-25-13-11-20/h4-5,14,19H,2-3,6-13H2,1H3. The number of nitrogens with one attached hydrogen (secondary N) is 1. The van der Waals surface area contributed by atoms with E-state index in [9.17, 15) is 13.2 Å². The van der Waals surface area contributed by atoms with Crippen LogP contribution in [0.5, 0.6) is 0 Å². The Bertz CT molecular complexity index is 745. The van der Waals surface area contributed by atoms with Gasteiger partial charge in [0.2, 0.25) is 15.9 Å². The van der Waals surface area contributed by atoms with Gasteiger partial charge >= 0.3 is 0 Å². The van der Waals surface area contributed by atoms with Crippen LogP contribution in [-0.2, 0) is 26.0 Å². The number of hydrogen-bond donors (Lipinski definition) is 1. The van der Waals surface area contributed by atoms with E-state index in [0.29, 0.717) is 25.9 Å². The van der Waals surface area contributed by atoms with Gasteiger partial charge in [0.1, 0.15) is 0 Å². The summed E-state index contributed by atoms with van der Waals surface area (Å²) in [6.07, 6.45) is 1.91. The molecule has 2 aliphatic rings. The molecule has 2 aliphatic heterocycles. The lowest BCUT2D eigenvalue weighted by atomic mass is 10.2. The first-order valence-corrected chi connectivity index (χ1v) is 10.7. The van der Waals surface area contributed by atoms with Gasteiger partial charge in [0, 0.05) is 38.3 Å². The summed E-state index contributed by atoms with van der Waals surface area (Å²) in [6.45, 7) is 7.05. The highest BCUT2D eigenvalue weighted by molar-refractivity contribution is 7.89. The molecule has 0 spiro atoms. The molecule has 0 saturated carbocycles. The van der Waals surface area contributed by atoms with E-state index in [4.69, 9.17) is 4.74 Å². The number of carbonyl (C=O) groups is 1. The molecule has 3 rings (SSSR count). The predicted octanol–water partition coefficient (Wildman–Crippen LogP) is 0.986. The highest BCUT2D eigenvalue weighted by Crippen LogP contribution is 2.30. The van der Waals surface area contributed by atoms with Crippen LogP contribution >= 0.6 is 0 Å². The lowest BCUT2D eigenvalue weighted by molar-refractivity contribution is -0.118. The van der Waals surface area contributed by atoms with E-state index in [2.05, 4.69) is 9.62 Å². The predicted molar refractivity (Wildman–Crippen MR) is 99.9 cm³/mol. The molecule has 2 heterocycles. The minimum Gasteiger partial charge on any atom is -0.379 e. The summed E-state index contributed by atoms with van der Waals surface area (Å²) in [5.74, 6) is 0.0700. The molecular weight excluding hydrogens is 354 g/mol. The summed E-state index contributed by atoms with van der Waals surface area (Å²) in [6, 6.07) is 5.03. The van der Waals surface area contributed by atoms with E-state index in [1.54, 1.807) is 23.1 Å². The second kappa shape index (κ2) is 8.47. The van der Waals surface area contributed by atoms with Gasteiger partial charge in [-0.25, -0.2) is 13.1 Å². The van der Waals surface area contributed by atoms with Gasteiger partial charge in [0.25, 0.3) is 0 Å².